The van der Waals surface area contributed by atoms with Crippen molar-refractivity contribution in [3.05, 3.63) is 27.3 Å². The Bertz CT molecular complexity index is 619. The number of hydrogen-bond donors (Lipinski definition) is 2. The number of carbonyl (C=O) groups is 1. The maximum Gasteiger partial charge on any atom is 0.267 e. The van der Waals surface area contributed by atoms with E-state index in [-0.39, 0.29) is 5.91 Å². The van der Waals surface area contributed by atoms with Gasteiger partial charge < -0.3 is 16.0 Å². The van der Waals surface area contributed by atoms with Gasteiger partial charge in [-0.1, -0.05) is 17.4 Å². The van der Waals surface area contributed by atoms with Gasteiger partial charge in [0, 0.05) is 24.5 Å². The number of thiophene rings is 1. The summed E-state index contributed by atoms with van der Waals surface area (Å²) in [4.78, 5) is 20.2. The highest BCUT2D eigenvalue weighted by Crippen LogP contribution is 2.31. The molecule has 1 aliphatic carbocycles. The first-order chi connectivity index (χ1) is 10.1. The summed E-state index contributed by atoms with van der Waals surface area (Å²) < 4.78 is 0. The van der Waals surface area contributed by atoms with Crippen LogP contribution in [0, 0.1) is 0 Å². The van der Waals surface area contributed by atoms with Crippen LogP contribution in [0.4, 0.5) is 10.9 Å². The van der Waals surface area contributed by atoms with E-state index in [1.807, 2.05) is 18.5 Å². The number of likely N-dealkylation sites (N-methyl/N-ethyl adjacent to an activating group) is 1. The van der Waals surface area contributed by atoms with Crippen molar-refractivity contribution in [1.82, 2.24) is 9.88 Å². The van der Waals surface area contributed by atoms with Gasteiger partial charge in [0.2, 0.25) is 0 Å². The fourth-order valence-electron chi connectivity index (χ4n) is 1.96. The number of nitrogens with one attached hydrogen (secondary N) is 1. The summed E-state index contributed by atoms with van der Waals surface area (Å²) in [6.45, 7) is 0.683. The lowest BCUT2D eigenvalue weighted by atomic mass is 10.3. The number of thiazole rings is 1. The Morgan fingerprint density at radius 1 is 1.57 bits per heavy atom. The third-order valence-electron chi connectivity index (χ3n) is 3.37. The van der Waals surface area contributed by atoms with Crippen molar-refractivity contribution >= 4 is 39.5 Å². The minimum atomic E-state index is -0.0506. The van der Waals surface area contributed by atoms with Gasteiger partial charge in [-0.2, -0.15) is 0 Å². The summed E-state index contributed by atoms with van der Waals surface area (Å²) in [6, 6.07) is 4.62. The number of hydrogen-bond acceptors (Lipinski definition) is 6. The van der Waals surface area contributed by atoms with Gasteiger partial charge in [0.1, 0.15) is 10.7 Å². The normalized spacial score (nSPS) is 14.1. The molecule has 3 rings (SSSR count). The molecule has 5 nitrogen and oxygen atoms in total. The number of nitrogens with two attached hydrogens (primary N) is 1. The Kier molecular flexibility index (Phi) is 4.12. The van der Waals surface area contributed by atoms with Crippen molar-refractivity contribution in [3.63, 3.8) is 0 Å². The fourth-order valence-corrected chi connectivity index (χ4v) is 3.61. The lowest BCUT2D eigenvalue weighted by Crippen LogP contribution is -2.28. The lowest BCUT2D eigenvalue weighted by molar-refractivity contribution is 0.0802. The maximum atomic E-state index is 12.4. The topological polar surface area (TPSA) is 71.2 Å². The van der Waals surface area contributed by atoms with Crippen LogP contribution in [-0.4, -0.2) is 35.4 Å². The van der Waals surface area contributed by atoms with Gasteiger partial charge in [-0.3, -0.25) is 4.79 Å². The van der Waals surface area contributed by atoms with E-state index in [9.17, 15) is 4.79 Å². The molecule has 1 fully saturated rings. The lowest BCUT2D eigenvalue weighted by Gasteiger charge is -2.15. The Balaban J connectivity index is 1.61. The first kappa shape index (κ1) is 14.3. The monoisotopic (exact) mass is 322 g/mol. The molecule has 2 heterocycles. The molecule has 1 aliphatic rings. The molecular formula is C14H18N4OS2. The van der Waals surface area contributed by atoms with Gasteiger partial charge in [0.15, 0.2) is 5.13 Å². The van der Waals surface area contributed by atoms with E-state index in [0.29, 0.717) is 23.3 Å². The largest absolute Gasteiger partial charge is 0.382 e. The van der Waals surface area contributed by atoms with Gasteiger partial charge in [-0.15, -0.1) is 11.3 Å². The maximum absolute atomic E-state index is 12.4. The molecule has 0 bridgehead atoms. The molecule has 0 aliphatic heterocycles. The molecule has 21 heavy (non-hydrogen) atoms. The first-order valence-corrected chi connectivity index (χ1v) is 8.64. The zero-order valence-corrected chi connectivity index (χ0v) is 13.5. The molecule has 7 heteroatoms. The van der Waals surface area contributed by atoms with Crippen molar-refractivity contribution in [1.29, 1.82) is 0 Å². The molecule has 0 radical (unpaired) electrons. The van der Waals surface area contributed by atoms with E-state index in [0.717, 1.165) is 11.6 Å². The van der Waals surface area contributed by atoms with Crippen molar-refractivity contribution in [3.8, 4) is 0 Å². The molecule has 0 aromatic carbocycles. The fraction of sp³-hybridized carbons (Fsp3) is 0.429. The van der Waals surface area contributed by atoms with Crippen molar-refractivity contribution in [2.24, 2.45) is 0 Å². The highest BCUT2D eigenvalue weighted by molar-refractivity contribution is 7.18. The summed E-state index contributed by atoms with van der Waals surface area (Å²) >= 11 is 3.06. The Morgan fingerprint density at radius 2 is 2.38 bits per heavy atom. The standard InChI is InChI=1S/C14H18N4OS2/c1-18(7-6-10-3-2-8-20-10)13(19)11-12(15)17-14(21-11)16-9-4-5-9/h2-3,8-9H,4-7,15H2,1H3,(H,16,17). The van der Waals surface area contributed by atoms with Crippen molar-refractivity contribution in [2.75, 3.05) is 24.6 Å². The van der Waals surface area contributed by atoms with E-state index in [4.69, 9.17) is 5.73 Å². The van der Waals surface area contributed by atoms with Crippen LogP contribution >= 0.6 is 22.7 Å². The van der Waals surface area contributed by atoms with Crippen LogP contribution in [0.1, 0.15) is 27.4 Å². The minimum Gasteiger partial charge on any atom is -0.382 e. The van der Waals surface area contributed by atoms with Crippen LogP contribution in [0.25, 0.3) is 0 Å². The number of aromatic nitrogens is 1. The van der Waals surface area contributed by atoms with E-state index < -0.39 is 0 Å². The van der Waals surface area contributed by atoms with Gasteiger partial charge in [-0.25, -0.2) is 4.98 Å². The van der Waals surface area contributed by atoms with Gasteiger partial charge in [0.05, 0.1) is 0 Å². The van der Waals surface area contributed by atoms with E-state index in [2.05, 4.69) is 16.4 Å². The second-order valence-electron chi connectivity index (χ2n) is 5.21. The molecule has 0 spiro atoms. The predicted molar refractivity (Wildman–Crippen MR) is 88.2 cm³/mol. The highest BCUT2D eigenvalue weighted by Gasteiger charge is 2.25. The number of amides is 1. The zero-order valence-electron chi connectivity index (χ0n) is 11.8. The Morgan fingerprint density at radius 3 is 3.05 bits per heavy atom. The Labute approximate surface area is 131 Å². The summed E-state index contributed by atoms with van der Waals surface area (Å²) in [5, 5.41) is 6.09. The summed E-state index contributed by atoms with van der Waals surface area (Å²) in [5.74, 6) is 0.279. The van der Waals surface area contributed by atoms with Crippen LogP contribution in [0.15, 0.2) is 17.5 Å². The van der Waals surface area contributed by atoms with Gasteiger partial charge in [0.25, 0.3) is 5.91 Å². The van der Waals surface area contributed by atoms with Crippen LogP contribution in [0.2, 0.25) is 0 Å². The second kappa shape index (κ2) is 6.03. The van der Waals surface area contributed by atoms with E-state index in [1.165, 1.54) is 29.1 Å². The average molecular weight is 322 g/mol. The summed E-state index contributed by atoms with van der Waals surface area (Å²) in [6.07, 6.45) is 3.21. The first-order valence-electron chi connectivity index (χ1n) is 6.94. The SMILES string of the molecule is CN(CCc1cccs1)C(=O)c1sc(NC2CC2)nc1N. The van der Waals surface area contributed by atoms with Crippen LogP contribution in [-0.2, 0) is 6.42 Å². The van der Waals surface area contributed by atoms with Crippen LogP contribution < -0.4 is 11.1 Å². The Hall–Kier alpha value is -1.60. The predicted octanol–water partition coefficient (Wildman–Crippen LogP) is 2.68. The molecule has 0 unspecified atom stereocenters. The third-order valence-corrected chi connectivity index (χ3v) is 5.30. The number of nitrogen functional groups attached to an aromatic ring is 1. The third kappa shape index (κ3) is 3.54. The highest BCUT2D eigenvalue weighted by atomic mass is 32.1. The minimum absolute atomic E-state index is 0.0506. The average Bonchev–Trinajstić information content (AvgIpc) is 2.99. The van der Waals surface area contributed by atoms with Crippen molar-refractivity contribution < 1.29 is 4.79 Å². The molecule has 2 aromatic heterocycles. The van der Waals surface area contributed by atoms with Crippen molar-refractivity contribution in [2.45, 2.75) is 25.3 Å². The zero-order chi connectivity index (χ0) is 14.8. The number of carbonyl (C=O) groups excluding carboxylic acids is 1. The summed E-state index contributed by atoms with van der Waals surface area (Å²) in [5.41, 5.74) is 5.88. The van der Waals surface area contributed by atoms with Crippen LogP contribution in [0.5, 0.6) is 0 Å². The molecule has 2 aromatic rings. The van der Waals surface area contributed by atoms with E-state index >= 15 is 0 Å². The molecule has 1 saturated carbocycles. The molecule has 0 saturated heterocycles. The van der Waals surface area contributed by atoms with Crippen LogP contribution in [0.3, 0.4) is 0 Å². The second-order valence-corrected chi connectivity index (χ2v) is 7.24. The summed E-state index contributed by atoms with van der Waals surface area (Å²) in [7, 11) is 1.81. The number of rotatable bonds is 6. The van der Waals surface area contributed by atoms with Gasteiger partial charge in [-0.05, 0) is 30.7 Å². The molecule has 112 valence electrons. The molecule has 0 atom stereocenters. The molecule has 1 amide bonds. The quantitative estimate of drug-likeness (QED) is 0.858. The number of anilines is 2. The number of nitrogens with zero attached hydrogens (tertiary/aromatic N) is 2. The smallest absolute Gasteiger partial charge is 0.267 e. The molecule has 3 N–H and O–H groups in total. The van der Waals surface area contributed by atoms with Gasteiger partial charge >= 0.3 is 0 Å². The molecular weight excluding hydrogens is 304 g/mol. The van der Waals surface area contributed by atoms with E-state index in [1.54, 1.807) is 16.2 Å².